The van der Waals surface area contributed by atoms with Crippen molar-refractivity contribution in [1.29, 1.82) is 0 Å². The Balaban J connectivity index is 1.87. The quantitative estimate of drug-likeness (QED) is 0.315. The minimum absolute atomic E-state index is 0.0797. The van der Waals surface area contributed by atoms with Crippen LogP contribution in [0.1, 0.15) is 76.7 Å². The number of hydrogen-bond acceptors (Lipinski definition) is 3. The fourth-order valence-corrected chi connectivity index (χ4v) is 2.96. The van der Waals surface area contributed by atoms with Gasteiger partial charge in [-0.3, -0.25) is 4.79 Å². The van der Waals surface area contributed by atoms with Crippen LogP contribution in [0.15, 0.2) is 30.3 Å². The Morgan fingerprint density at radius 1 is 0.909 bits per heavy atom. The van der Waals surface area contributed by atoms with Crippen LogP contribution in [0, 0.1) is 0 Å². The van der Waals surface area contributed by atoms with E-state index in [9.17, 15) is 4.79 Å². The predicted molar refractivity (Wildman–Crippen MR) is 95.7 cm³/mol. The SMILES string of the molecule is CCCCCCCCCCCC(=O)OSCc1ccccc1. The van der Waals surface area contributed by atoms with Gasteiger partial charge in [0.05, 0.1) is 17.8 Å². The van der Waals surface area contributed by atoms with E-state index in [0.717, 1.165) is 18.6 Å². The minimum Gasteiger partial charge on any atom is -0.391 e. The number of rotatable bonds is 13. The molecule has 0 aliphatic carbocycles. The highest BCUT2D eigenvalue weighted by molar-refractivity contribution is 7.94. The smallest absolute Gasteiger partial charge is 0.317 e. The van der Waals surface area contributed by atoms with Crippen LogP contribution in [0.4, 0.5) is 0 Å². The standard InChI is InChI=1S/C19H30O2S/c1-2-3-4-5-6-7-8-9-13-16-19(20)21-22-17-18-14-11-10-12-15-18/h10-12,14-15H,2-9,13,16-17H2,1H3. The predicted octanol–water partition coefficient (Wildman–Crippen LogP) is 6.30. The maximum atomic E-state index is 11.6. The van der Waals surface area contributed by atoms with Gasteiger partial charge in [0.25, 0.3) is 0 Å². The number of carbonyl (C=O) groups is 1. The summed E-state index contributed by atoms with van der Waals surface area (Å²) in [5, 5.41) is 0. The van der Waals surface area contributed by atoms with Crippen molar-refractivity contribution < 1.29 is 8.98 Å². The molecule has 0 unspecified atom stereocenters. The van der Waals surface area contributed by atoms with E-state index in [2.05, 4.69) is 6.92 Å². The van der Waals surface area contributed by atoms with Crippen LogP contribution in [0.2, 0.25) is 0 Å². The molecule has 0 fully saturated rings. The molecule has 0 aromatic heterocycles. The Bertz CT molecular complexity index is 378. The molecule has 1 aromatic carbocycles. The molecule has 0 aliphatic rings. The molecule has 0 atom stereocenters. The molecule has 0 saturated carbocycles. The summed E-state index contributed by atoms with van der Waals surface area (Å²) in [6.07, 6.45) is 12.0. The Kier molecular flexibility index (Phi) is 11.9. The second-order valence-corrected chi connectivity index (χ2v) is 6.47. The van der Waals surface area contributed by atoms with Crippen molar-refractivity contribution in [2.45, 2.75) is 76.9 Å². The van der Waals surface area contributed by atoms with Gasteiger partial charge in [-0.05, 0) is 12.0 Å². The third-order valence-electron chi connectivity index (χ3n) is 3.70. The molecular weight excluding hydrogens is 292 g/mol. The van der Waals surface area contributed by atoms with Gasteiger partial charge in [-0.15, -0.1) is 0 Å². The summed E-state index contributed by atoms with van der Waals surface area (Å²) >= 11 is 1.24. The van der Waals surface area contributed by atoms with E-state index in [4.69, 9.17) is 4.18 Å². The molecule has 0 saturated heterocycles. The van der Waals surface area contributed by atoms with Crippen LogP contribution >= 0.6 is 12.0 Å². The zero-order valence-electron chi connectivity index (χ0n) is 13.9. The highest BCUT2D eigenvalue weighted by Crippen LogP contribution is 2.15. The van der Waals surface area contributed by atoms with Crippen LogP contribution in [-0.4, -0.2) is 5.97 Å². The number of hydrogen-bond donors (Lipinski definition) is 0. The lowest BCUT2D eigenvalue weighted by atomic mass is 10.1. The van der Waals surface area contributed by atoms with E-state index in [1.54, 1.807) is 0 Å². The van der Waals surface area contributed by atoms with Crippen LogP contribution in [0.25, 0.3) is 0 Å². The van der Waals surface area contributed by atoms with E-state index in [0.29, 0.717) is 6.42 Å². The van der Waals surface area contributed by atoms with Gasteiger partial charge in [-0.2, -0.15) is 0 Å². The van der Waals surface area contributed by atoms with Gasteiger partial charge >= 0.3 is 5.97 Å². The minimum atomic E-state index is -0.0797. The molecular formula is C19H30O2S. The lowest BCUT2D eigenvalue weighted by molar-refractivity contribution is -0.133. The van der Waals surface area contributed by atoms with Crippen molar-refractivity contribution in [3.05, 3.63) is 35.9 Å². The maximum Gasteiger partial charge on any atom is 0.317 e. The van der Waals surface area contributed by atoms with Gasteiger partial charge in [0.2, 0.25) is 0 Å². The van der Waals surface area contributed by atoms with E-state index in [-0.39, 0.29) is 5.97 Å². The summed E-state index contributed by atoms with van der Waals surface area (Å²) in [7, 11) is 0. The highest BCUT2D eigenvalue weighted by atomic mass is 32.2. The molecule has 2 nitrogen and oxygen atoms in total. The van der Waals surface area contributed by atoms with Crippen molar-refractivity contribution in [2.24, 2.45) is 0 Å². The maximum absolute atomic E-state index is 11.6. The summed E-state index contributed by atoms with van der Waals surface area (Å²) in [4.78, 5) is 11.6. The summed E-state index contributed by atoms with van der Waals surface area (Å²) < 4.78 is 5.20. The molecule has 0 bridgehead atoms. The van der Waals surface area contributed by atoms with E-state index in [1.807, 2.05) is 30.3 Å². The molecule has 0 N–H and O–H groups in total. The normalized spacial score (nSPS) is 10.6. The van der Waals surface area contributed by atoms with E-state index >= 15 is 0 Å². The Labute approximate surface area is 140 Å². The van der Waals surface area contributed by atoms with Crippen molar-refractivity contribution in [3.8, 4) is 0 Å². The van der Waals surface area contributed by atoms with Crippen molar-refractivity contribution in [2.75, 3.05) is 0 Å². The third-order valence-corrected chi connectivity index (χ3v) is 4.46. The lowest BCUT2D eigenvalue weighted by Gasteiger charge is -2.04. The summed E-state index contributed by atoms with van der Waals surface area (Å²) in [5.41, 5.74) is 1.18. The second-order valence-electron chi connectivity index (χ2n) is 5.78. The average Bonchev–Trinajstić information content (AvgIpc) is 2.54. The number of benzene rings is 1. The first-order valence-corrected chi connectivity index (χ1v) is 9.60. The van der Waals surface area contributed by atoms with Crippen LogP contribution in [0.3, 0.4) is 0 Å². The first-order chi connectivity index (χ1) is 10.8. The number of carbonyl (C=O) groups excluding carboxylic acids is 1. The third kappa shape index (κ3) is 10.7. The average molecular weight is 323 g/mol. The van der Waals surface area contributed by atoms with Crippen LogP contribution in [-0.2, 0) is 14.7 Å². The molecule has 0 amide bonds. The first kappa shape index (κ1) is 19.1. The first-order valence-electron chi connectivity index (χ1n) is 8.69. The van der Waals surface area contributed by atoms with Crippen molar-refractivity contribution in [1.82, 2.24) is 0 Å². The topological polar surface area (TPSA) is 26.3 Å². The highest BCUT2D eigenvalue weighted by Gasteiger charge is 2.04. The second kappa shape index (κ2) is 13.7. The molecule has 0 aliphatic heterocycles. The summed E-state index contributed by atoms with van der Waals surface area (Å²) in [5.74, 6) is 0.647. The molecule has 1 rings (SSSR count). The van der Waals surface area contributed by atoms with Gasteiger partial charge in [0, 0.05) is 6.42 Å². The largest absolute Gasteiger partial charge is 0.391 e. The van der Waals surface area contributed by atoms with Gasteiger partial charge in [0.1, 0.15) is 0 Å². The van der Waals surface area contributed by atoms with Crippen molar-refractivity contribution in [3.63, 3.8) is 0 Å². The van der Waals surface area contributed by atoms with Gasteiger partial charge < -0.3 is 4.18 Å². The molecule has 0 spiro atoms. The fourth-order valence-electron chi connectivity index (χ4n) is 2.36. The summed E-state index contributed by atoms with van der Waals surface area (Å²) in [6.45, 7) is 2.25. The van der Waals surface area contributed by atoms with Gasteiger partial charge in [-0.25, -0.2) is 0 Å². The molecule has 0 heterocycles. The molecule has 124 valence electrons. The Hall–Kier alpha value is -0.960. The van der Waals surface area contributed by atoms with Gasteiger partial charge in [-0.1, -0.05) is 88.6 Å². The molecule has 1 aromatic rings. The van der Waals surface area contributed by atoms with Gasteiger partial charge in [0.15, 0.2) is 0 Å². The Morgan fingerprint density at radius 3 is 2.14 bits per heavy atom. The van der Waals surface area contributed by atoms with E-state index < -0.39 is 0 Å². The molecule has 0 radical (unpaired) electrons. The van der Waals surface area contributed by atoms with Crippen LogP contribution in [0.5, 0.6) is 0 Å². The number of unbranched alkanes of at least 4 members (excludes halogenated alkanes) is 8. The fraction of sp³-hybridized carbons (Fsp3) is 0.632. The lowest BCUT2D eigenvalue weighted by Crippen LogP contribution is -1.98. The monoisotopic (exact) mass is 322 g/mol. The van der Waals surface area contributed by atoms with Crippen LogP contribution < -0.4 is 0 Å². The zero-order chi connectivity index (χ0) is 15.9. The van der Waals surface area contributed by atoms with E-state index in [1.165, 1.54) is 62.6 Å². The zero-order valence-corrected chi connectivity index (χ0v) is 14.7. The Morgan fingerprint density at radius 2 is 1.50 bits per heavy atom. The molecule has 22 heavy (non-hydrogen) atoms. The molecule has 3 heteroatoms. The summed E-state index contributed by atoms with van der Waals surface area (Å²) in [6, 6.07) is 10.1. The van der Waals surface area contributed by atoms with Crippen molar-refractivity contribution >= 4 is 18.0 Å².